The lowest BCUT2D eigenvalue weighted by molar-refractivity contribution is -0.119. The standard InChI is InChI=1S/C20H16N4O2/c25-19(13-5-11-3-1-2-4-12(11)6-13)23-15-7-16-18-14(9-21-17(18)8-15)10-22-24-20(16)26/h1-4,7-10,13,21H,5-6H2,(H,23,25)(H,24,26). The molecule has 1 aromatic heterocycles. The number of rotatable bonds is 2. The second-order valence-corrected chi connectivity index (χ2v) is 6.75. The molecular weight excluding hydrogens is 328 g/mol. The van der Waals surface area contributed by atoms with Crippen molar-refractivity contribution < 1.29 is 9.59 Å². The van der Waals surface area contributed by atoms with E-state index in [0.29, 0.717) is 11.3 Å². The number of aromatic amines is 1. The summed E-state index contributed by atoms with van der Waals surface area (Å²) < 4.78 is 0. The topological polar surface area (TPSA) is 86.3 Å². The largest absolute Gasteiger partial charge is 0.360 e. The van der Waals surface area contributed by atoms with Crippen LogP contribution in [0.5, 0.6) is 0 Å². The van der Waals surface area contributed by atoms with Crippen molar-refractivity contribution in [3.8, 4) is 0 Å². The first-order chi connectivity index (χ1) is 12.7. The summed E-state index contributed by atoms with van der Waals surface area (Å²) in [6.45, 7) is 0. The van der Waals surface area contributed by atoms with Crippen LogP contribution in [-0.2, 0) is 17.6 Å². The van der Waals surface area contributed by atoms with E-state index in [0.717, 1.165) is 29.3 Å². The molecule has 5 rings (SSSR count). The van der Waals surface area contributed by atoms with E-state index in [2.05, 4.69) is 33.0 Å². The maximum absolute atomic E-state index is 12.7. The molecule has 0 saturated carbocycles. The van der Waals surface area contributed by atoms with Crippen LogP contribution in [0.4, 0.5) is 5.69 Å². The third kappa shape index (κ3) is 2.30. The van der Waals surface area contributed by atoms with Gasteiger partial charge in [0.05, 0.1) is 11.8 Å². The lowest BCUT2D eigenvalue weighted by Crippen LogP contribution is -2.23. The Balaban J connectivity index is 1.45. The molecule has 2 aliphatic rings. The summed E-state index contributed by atoms with van der Waals surface area (Å²) in [6, 6.07) is 11.7. The molecule has 3 N–H and O–H groups in total. The van der Waals surface area contributed by atoms with Gasteiger partial charge in [0.15, 0.2) is 0 Å². The average Bonchev–Trinajstić information content (AvgIpc) is 3.21. The third-order valence-electron chi connectivity index (χ3n) is 5.11. The first kappa shape index (κ1) is 14.9. The van der Waals surface area contributed by atoms with E-state index in [-0.39, 0.29) is 17.7 Å². The quantitative estimate of drug-likeness (QED) is 0.667. The summed E-state index contributed by atoms with van der Waals surface area (Å²) in [5.41, 5.74) is 7.71. The first-order valence-corrected chi connectivity index (χ1v) is 8.55. The number of nitrogens with one attached hydrogen (secondary N) is 3. The van der Waals surface area contributed by atoms with Gasteiger partial charge in [-0.05, 0) is 36.1 Å². The molecule has 2 aromatic carbocycles. The van der Waals surface area contributed by atoms with Crippen LogP contribution in [0.3, 0.4) is 0 Å². The van der Waals surface area contributed by atoms with E-state index in [4.69, 9.17) is 0 Å². The molecule has 6 nitrogen and oxygen atoms in total. The Morgan fingerprint density at radius 2 is 1.92 bits per heavy atom. The number of carbonyl (C=O) groups excluding carboxylic acids is 2. The minimum Gasteiger partial charge on any atom is -0.360 e. The van der Waals surface area contributed by atoms with E-state index in [1.54, 1.807) is 18.5 Å². The van der Waals surface area contributed by atoms with Crippen molar-refractivity contribution in [2.75, 3.05) is 5.32 Å². The summed E-state index contributed by atoms with van der Waals surface area (Å²) in [5, 5.41) is 7.70. The summed E-state index contributed by atoms with van der Waals surface area (Å²) in [4.78, 5) is 28.2. The van der Waals surface area contributed by atoms with E-state index in [9.17, 15) is 9.59 Å². The zero-order chi connectivity index (χ0) is 17.7. The number of hydrazone groups is 1. The normalized spacial score (nSPS) is 15.6. The highest BCUT2D eigenvalue weighted by Crippen LogP contribution is 2.30. The minimum atomic E-state index is -0.283. The van der Waals surface area contributed by atoms with Crippen molar-refractivity contribution in [1.29, 1.82) is 0 Å². The second kappa shape index (κ2) is 5.56. The Hall–Kier alpha value is -3.41. The SMILES string of the molecule is O=C1NN=Cc2c[nH]c3cc(NC(=O)C4Cc5ccccc5C4)cc1c23. The molecule has 0 radical (unpaired) electrons. The monoisotopic (exact) mass is 344 g/mol. The van der Waals surface area contributed by atoms with Crippen molar-refractivity contribution in [3.63, 3.8) is 0 Å². The van der Waals surface area contributed by atoms with E-state index >= 15 is 0 Å². The number of H-pyrrole nitrogens is 1. The van der Waals surface area contributed by atoms with Crippen molar-refractivity contribution in [2.24, 2.45) is 11.0 Å². The molecule has 1 aliphatic heterocycles. The molecule has 6 heteroatoms. The predicted molar refractivity (Wildman–Crippen MR) is 99.3 cm³/mol. The van der Waals surface area contributed by atoms with Crippen molar-refractivity contribution in [3.05, 3.63) is 64.8 Å². The summed E-state index contributed by atoms with van der Waals surface area (Å²) in [7, 11) is 0. The molecule has 0 unspecified atom stereocenters. The summed E-state index contributed by atoms with van der Waals surface area (Å²) in [6.07, 6.45) is 4.91. The summed E-state index contributed by atoms with van der Waals surface area (Å²) >= 11 is 0. The van der Waals surface area contributed by atoms with Crippen LogP contribution in [0, 0.1) is 5.92 Å². The van der Waals surface area contributed by atoms with Crippen molar-refractivity contribution >= 4 is 34.6 Å². The Labute approximate surface area is 149 Å². The van der Waals surface area contributed by atoms with Crippen LogP contribution in [0.2, 0.25) is 0 Å². The number of hydrogen-bond acceptors (Lipinski definition) is 3. The van der Waals surface area contributed by atoms with Gasteiger partial charge in [0.2, 0.25) is 5.91 Å². The van der Waals surface area contributed by atoms with Gasteiger partial charge in [0, 0.05) is 34.3 Å². The molecule has 0 bridgehead atoms. The number of carbonyl (C=O) groups is 2. The number of amides is 2. The molecule has 3 aromatic rings. The predicted octanol–water partition coefficient (Wildman–Crippen LogP) is 2.60. The number of benzene rings is 2. The highest BCUT2D eigenvalue weighted by Gasteiger charge is 2.27. The van der Waals surface area contributed by atoms with E-state index < -0.39 is 0 Å². The van der Waals surface area contributed by atoms with Crippen LogP contribution in [0.1, 0.15) is 27.0 Å². The van der Waals surface area contributed by atoms with Gasteiger partial charge >= 0.3 is 0 Å². The number of anilines is 1. The fraction of sp³-hybridized carbons (Fsp3) is 0.150. The Morgan fingerprint density at radius 1 is 1.15 bits per heavy atom. The van der Waals surface area contributed by atoms with Gasteiger partial charge in [0.25, 0.3) is 5.91 Å². The van der Waals surface area contributed by atoms with E-state index in [1.807, 2.05) is 18.2 Å². The van der Waals surface area contributed by atoms with Crippen LogP contribution in [0.25, 0.3) is 10.9 Å². The molecule has 1 aliphatic carbocycles. The number of nitrogens with zero attached hydrogens (tertiary/aromatic N) is 1. The maximum atomic E-state index is 12.7. The van der Waals surface area contributed by atoms with Crippen LogP contribution in [0.15, 0.2) is 47.7 Å². The zero-order valence-electron chi connectivity index (χ0n) is 13.9. The van der Waals surface area contributed by atoms with Gasteiger partial charge < -0.3 is 10.3 Å². The first-order valence-electron chi connectivity index (χ1n) is 8.55. The van der Waals surface area contributed by atoms with Crippen molar-refractivity contribution in [2.45, 2.75) is 12.8 Å². The molecule has 128 valence electrons. The molecule has 0 saturated heterocycles. The van der Waals surface area contributed by atoms with Gasteiger partial charge in [-0.1, -0.05) is 24.3 Å². The molecule has 0 spiro atoms. The molecular formula is C20H16N4O2. The number of hydrogen-bond donors (Lipinski definition) is 3. The third-order valence-corrected chi connectivity index (χ3v) is 5.11. The molecule has 26 heavy (non-hydrogen) atoms. The lowest BCUT2D eigenvalue weighted by Gasteiger charge is -2.12. The number of fused-ring (bicyclic) bond motifs is 1. The van der Waals surface area contributed by atoms with Crippen LogP contribution >= 0.6 is 0 Å². The Kier molecular flexibility index (Phi) is 3.18. The minimum absolute atomic E-state index is 0.0233. The van der Waals surface area contributed by atoms with Crippen molar-refractivity contribution in [1.82, 2.24) is 10.4 Å². The fourth-order valence-electron chi connectivity index (χ4n) is 3.86. The Morgan fingerprint density at radius 3 is 2.69 bits per heavy atom. The average molecular weight is 344 g/mol. The van der Waals surface area contributed by atoms with E-state index in [1.165, 1.54) is 11.1 Å². The highest BCUT2D eigenvalue weighted by molar-refractivity contribution is 6.15. The second-order valence-electron chi connectivity index (χ2n) is 6.75. The van der Waals surface area contributed by atoms with Gasteiger partial charge in [-0.3, -0.25) is 9.59 Å². The van der Waals surface area contributed by atoms with Gasteiger partial charge in [-0.2, -0.15) is 5.10 Å². The van der Waals surface area contributed by atoms with Gasteiger partial charge in [-0.25, -0.2) is 5.43 Å². The molecule has 0 fully saturated rings. The fourth-order valence-corrected chi connectivity index (χ4v) is 3.86. The number of aromatic nitrogens is 1. The van der Waals surface area contributed by atoms with Gasteiger partial charge in [0.1, 0.15) is 0 Å². The van der Waals surface area contributed by atoms with Crippen LogP contribution in [-0.4, -0.2) is 23.0 Å². The smallest absolute Gasteiger partial charge is 0.272 e. The van der Waals surface area contributed by atoms with Gasteiger partial charge in [-0.15, -0.1) is 0 Å². The maximum Gasteiger partial charge on any atom is 0.272 e. The Bertz CT molecular complexity index is 1070. The lowest BCUT2D eigenvalue weighted by atomic mass is 10.0. The molecule has 0 atom stereocenters. The summed E-state index contributed by atoms with van der Waals surface area (Å²) in [5.74, 6) is -0.391. The zero-order valence-corrected chi connectivity index (χ0v) is 13.9. The molecule has 2 heterocycles. The van der Waals surface area contributed by atoms with Crippen LogP contribution < -0.4 is 10.7 Å². The molecule has 2 amide bonds. The highest BCUT2D eigenvalue weighted by atomic mass is 16.2.